The maximum Gasteiger partial charge on any atom is 0.306 e. The fourth-order valence-electron chi connectivity index (χ4n) is 8.84. The Balaban J connectivity index is 4.42. The summed E-state index contributed by atoms with van der Waals surface area (Å²) in [6.07, 6.45) is 99.6. The Morgan fingerprint density at radius 2 is 0.476 bits per heavy atom. The van der Waals surface area contributed by atoms with Crippen LogP contribution >= 0.6 is 0 Å². The van der Waals surface area contributed by atoms with Gasteiger partial charge in [0.2, 0.25) is 0 Å². The first-order valence-corrected chi connectivity index (χ1v) is 33.5. The van der Waals surface area contributed by atoms with E-state index < -0.39 is 6.10 Å². The summed E-state index contributed by atoms with van der Waals surface area (Å²) in [4.78, 5) is 38.4. The second-order valence-corrected chi connectivity index (χ2v) is 21.6. The van der Waals surface area contributed by atoms with Gasteiger partial charge in [-0.1, -0.05) is 294 Å². The van der Waals surface area contributed by atoms with E-state index in [0.29, 0.717) is 12.8 Å². The number of carbonyl (C=O) groups excluding carboxylic acids is 3. The molecule has 1 unspecified atom stereocenters. The first kappa shape index (κ1) is 77.0. The number of carbonyl (C=O) groups is 3. The Labute approximate surface area is 505 Å². The zero-order chi connectivity index (χ0) is 59.2. The molecule has 0 aliphatic heterocycles. The largest absolute Gasteiger partial charge is 0.462 e. The number of esters is 3. The summed E-state index contributed by atoms with van der Waals surface area (Å²) in [7, 11) is 0. The molecule has 0 rings (SSSR count). The molecule has 0 spiro atoms. The van der Waals surface area contributed by atoms with Crippen LogP contribution in [0.2, 0.25) is 0 Å². The Morgan fingerprint density at radius 3 is 0.756 bits per heavy atom. The molecule has 0 heterocycles. The molecule has 0 saturated carbocycles. The molecule has 82 heavy (non-hydrogen) atoms. The highest BCUT2D eigenvalue weighted by molar-refractivity contribution is 5.71. The van der Waals surface area contributed by atoms with Crippen molar-refractivity contribution in [1.82, 2.24) is 0 Å². The van der Waals surface area contributed by atoms with Crippen LogP contribution < -0.4 is 0 Å². The van der Waals surface area contributed by atoms with Crippen LogP contribution in [0.1, 0.15) is 284 Å². The summed E-state index contributed by atoms with van der Waals surface area (Å²) in [5, 5.41) is 0. The van der Waals surface area contributed by atoms with Crippen LogP contribution in [-0.4, -0.2) is 37.2 Å². The molecule has 6 nitrogen and oxygen atoms in total. The van der Waals surface area contributed by atoms with Crippen LogP contribution in [0.3, 0.4) is 0 Å². The molecule has 0 saturated heterocycles. The molecule has 0 aromatic heterocycles. The number of unbranched alkanes of at least 4 members (excludes halogenated alkanes) is 22. The lowest BCUT2D eigenvalue weighted by Crippen LogP contribution is -2.30. The summed E-state index contributed by atoms with van der Waals surface area (Å²) in [6.45, 7) is 6.38. The number of allylic oxidation sites excluding steroid dienone is 26. The van der Waals surface area contributed by atoms with Gasteiger partial charge in [0.05, 0.1) is 0 Å². The Hall–Kier alpha value is -4.97. The zero-order valence-electron chi connectivity index (χ0n) is 52.9. The number of ether oxygens (including phenoxy) is 3. The maximum absolute atomic E-state index is 12.9. The molecule has 0 aliphatic rings. The van der Waals surface area contributed by atoms with Crippen molar-refractivity contribution in [3.63, 3.8) is 0 Å². The topological polar surface area (TPSA) is 78.9 Å². The lowest BCUT2D eigenvalue weighted by atomic mass is 10.0. The molecule has 462 valence electrons. The average molecular weight is 1130 g/mol. The van der Waals surface area contributed by atoms with Gasteiger partial charge < -0.3 is 14.2 Å². The third kappa shape index (κ3) is 65.8. The van der Waals surface area contributed by atoms with Gasteiger partial charge in [-0.2, -0.15) is 0 Å². The highest BCUT2D eigenvalue weighted by Gasteiger charge is 2.19. The smallest absolute Gasteiger partial charge is 0.306 e. The third-order valence-corrected chi connectivity index (χ3v) is 13.8. The molecule has 0 aromatic rings. The van der Waals surface area contributed by atoms with Gasteiger partial charge in [-0.05, 0) is 128 Å². The normalized spacial score (nSPS) is 13.2. The highest BCUT2D eigenvalue weighted by Crippen LogP contribution is 2.15. The Kier molecular flexibility index (Phi) is 64.4. The van der Waals surface area contributed by atoms with E-state index in [0.717, 1.165) is 154 Å². The minimum atomic E-state index is -0.807. The lowest BCUT2D eigenvalue weighted by Gasteiger charge is -2.18. The van der Waals surface area contributed by atoms with Crippen LogP contribution in [-0.2, 0) is 28.6 Å². The van der Waals surface area contributed by atoms with Crippen LogP contribution in [0.25, 0.3) is 0 Å². The van der Waals surface area contributed by atoms with Crippen LogP contribution in [0.5, 0.6) is 0 Å². The van der Waals surface area contributed by atoms with E-state index >= 15 is 0 Å². The number of rotatable bonds is 59. The summed E-state index contributed by atoms with van der Waals surface area (Å²) < 4.78 is 16.9. The molecule has 0 fully saturated rings. The van der Waals surface area contributed by atoms with Crippen molar-refractivity contribution in [2.45, 2.75) is 290 Å². The van der Waals surface area contributed by atoms with Crippen molar-refractivity contribution in [3.05, 3.63) is 158 Å². The predicted octanol–water partition coefficient (Wildman–Crippen LogP) is 23.3. The van der Waals surface area contributed by atoms with Gasteiger partial charge in [-0.15, -0.1) is 0 Å². The van der Waals surface area contributed by atoms with E-state index in [1.165, 1.54) is 89.9 Å². The fraction of sp³-hybridized carbons (Fsp3) is 0.618. The van der Waals surface area contributed by atoms with Gasteiger partial charge in [-0.3, -0.25) is 14.4 Å². The summed E-state index contributed by atoms with van der Waals surface area (Å²) in [6, 6.07) is 0. The standard InChI is InChI=1S/C76H122O6/c1-4-7-10-13-16-19-22-25-27-29-31-33-35-37-38-40-41-43-45-47-49-51-54-57-60-63-66-69-75(78)81-72-73(71-80-74(77)68-65-62-59-56-53-24-21-18-15-12-9-6-3)82-76(79)70-67-64-61-58-55-52-50-48-46-44-42-39-36-34-32-30-28-26-23-20-17-14-11-8-5-2/h7-8,10-11,16-17,19-20,25-28,31-34,37-39,41-43,46,48,52,55,73H,4-6,9,12-15,18,21-24,29-30,35-36,40,44-45,47,49-51,53-54,56-72H2,1-3H3/b10-7-,11-8-,19-16-,20-17-,27-25-,28-26-,33-31-,34-32-,38-37-,42-39-,43-41-,48-46-,55-52-. The second kappa shape index (κ2) is 68.5. The molecular formula is C76H122O6. The van der Waals surface area contributed by atoms with Crippen LogP contribution in [0, 0.1) is 0 Å². The maximum atomic E-state index is 12.9. The average Bonchev–Trinajstić information content (AvgIpc) is 3.48. The van der Waals surface area contributed by atoms with Gasteiger partial charge in [0, 0.05) is 19.3 Å². The van der Waals surface area contributed by atoms with E-state index in [2.05, 4.69) is 179 Å². The van der Waals surface area contributed by atoms with Crippen molar-refractivity contribution >= 4 is 17.9 Å². The molecular weight excluding hydrogens is 1010 g/mol. The summed E-state index contributed by atoms with van der Waals surface area (Å²) >= 11 is 0. The van der Waals surface area contributed by atoms with Crippen molar-refractivity contribution in [2.24, 2.45) is 0 Å². The van der Waals surface area contributed by atoms with Gasteiger partial charge in [-0.25, -0.2) is 0 Å². The van der Waals surface area contributed by atoms with Crippen molar-refractivity contribution in [2.75, 3.05) is 13.2 Å². The third-order valence-electron chi connectivity index (χ3n) is 13.8. The Bertz CT molecular complexity index is 1830. The minimum Gasteiger partial charge on any atom is -0.462 e. The quantitative estimate of drug-likeness (QED) is 0.0261. The van der Waals surface area contributed by atoms with Gasteiger partial charge in [0.25, 0.3) is 0 Å². The summed E-state index contributed by atoms with van der Waals surface area (Å²) in [5.41, 5.74) is 0. The van der Waals surface area contributed by atoms with Crippen LogP contribution in [0.15, 0.2) is 158 Å². The number of hydrogen-bond donors (Lipinski definition) is 0. The molecule has 0 bridgehead atoms. The van der Waals surface area contributed by atoms with E-state index in [-0.39, 0.29) is 37.5 Å². The Morgan fingerprint density at radius 1 is 0.256 bits per heavy atom. The van der Waals surface area contributed by atoms with Crippen molar-refractivity contribution < 1.29 is 28.6 Å². The molecule has 0 N–H and O–H groups in total. The number of hydrogen-bond acceptors (Lipinski definition) is 6. The zero-order valence-corrected chi connectivity index (χ0v) is 52.9. The van der Waals surface area contributed by atoms with Crippen LogP contribution in [0.4, 0.5) is 0 Å². The predicted molar refractivity (Wildman–Crippen MR) is 357 cm³/mol. The van der Waals surface area contributed by atoms with Crippen molar-refractivity contribution in [3.8, 4) is 0 Å². The van der Waals surface area contributed by atoms with E-state index in [1.54, 1.807) is 0 Å². The molecule has 0 amide bonds. The fourth-order valence-corrected chi connectivity index (χ4v) is 8.84. The monoisotopic (exact) mass is 1130 g/mol. The van der Waals surface area contributed by atoms with Gasteiger partial charge in [0.1, 0.15) is 13.2 Å². The minimum absolute atomic E-state index is 0.0982. The first-order chi connectivity index (χ1) is 40.5. The summed E-state index contributed by atoms with van der Waals surface area (Å²) in [5.74, 6) is -0.940. The van der Waals surface area contributed by atoms with E-state index in [4.69, 9.17) is 14.2 Å². The van der Waals surface area contributed by atoms with Gasteiger partial charge in [0.15, 0.2) is 6.10 Å². The van der Waals surface area contributed by atoms with Crippen molar-refractivity contribution in [1.29, 1.82) is 0 Å². The second-order valence-electron chi connectivity index (χ2n) is 21.6. The molecule has 1 atom stereocenters. The molecule has 0 radical (unpaired) electrons. The SMILES string of the molecule is CC/C=C\C/C=C\C/C=C\C/C=C\C/C=C\C/C=C\C/C=C\CCCCCC(=O)OC(COC(=O)CCCCCCCCCC/C=C\C/C=C\C/C=C\C/C=C\C/C=C\C/C=C\CC)COC(=O)CCCCCCCCCCCCCC. The highest BCUT2D eigenvalue weighted by atomic mass is 16.6. The molecule has 0 aromatic carbocycles. The molecule has 0 aliphatic carbocycles. The van der Waals surface area contributed by atoms with E-state index in [1.807, 2.05) is 0 Å². The van der Waals surface area contributed by atoms with Gasteiger partial charge >= 0.3 is 17.9 Å². The molecule has 6 heteroatoms. The van der Waals surface area contributed by atoms with E-state index in [9.17, 15) is 14.4 Å². The lowest BCUT2D eigenvalue weighted by molar-refractivity contribution is -0.167. The first-order valence-electron chi connectivity index (χ1n) is 33.5.